The van der Waals surface area contributed by atoms with E-state index in [2.05, 4.69) is 5.32 Å². The largest absolute Gasteiger partial charge is 0.481 e. The fourth-order valence-corrected chi connectivity index (χ4v) is 2.61. The van der Waals surface area contributed by atoms with Crippen LogP contribution in [0.5, 0.6) is 0 Å². The Labute approximate surface area is 117 Å². The average Bonchev–Trinajstić information content (AvgIpc) is 3.18. The highest BCUT2D eigenvalue weighted by Crippen LogP contribution is 2.40. The maximum absolute atomic E-state index is 12.2. The van der Waals surface area contributed by atoms with E-state index >= 15 is 0 Å². The Hall–Kier alpha value is -1.79. The maximum atomic E-state index is 12.2. The summed E-state index contributed by atoms with van der Waals surface area (Å²) < 4.78 is 4.82. The molecule has 2 N–H and O–H groups in total. The van der Waals surface area contributed by atoms with Crippen molar-refractivity contribution in [2.24, 2.45) is 11.8 Å². The van der Waals surface area contributed by atoms with Crippen LogP contribution in [0.15, 0.2) is 0 Å². The number of ether oxygens (including phenoxy) is 1. The molecule has 0 aromatic heterocycles. The smallest absolute Gasteiger partial charge is 0.407 e. The highest BCUT2D eigenvalue weighted by Gasteiger charge is 2.50. The van der Waals surface area contributed by atoms with Crippen LogP contribution in [0.3, 0.4) is 0 Å². The van der Waals surface area contributed by atoms with Gasteiger partial charge >= 0.3 is 12.1 Å². The van der Waals surface area contributed by atoms with Gasteiger partial charge in [-0.15, -0.1) is 0 Å². The fraction of sp³-hybridized carbons (Fsp3) is 0.769. The van der Waals surface area contributed by atoms with Gasteiger partial charge in [-0.3, -0.25) is 9.59 Å². The Morgan fingerprint density at radius 1 is 1.35 bits per heavy atom. The number of carbonyl (C=O) groups is 3. The second kappa shape index (κ2) is 6.11. The van der Waals surface area contributed by atoms with Crippen LogP contribution in [0, 0.1) is 11.8 Å². The zero-order valence-corrected chi connectivity index (χ0v) is 11.5. The second-order valence-electron chi connectivity index (χ2n) is 5.28. The van der Waals surface area contributed by atoms with Crippen LogP contribution in [0.2, 0.25) is 0 Å². The van der Waals surface area contributed by atoms with Crippen molar-refractivity contribution < 1.29 is 24.2 Å². The molecule has 112 valence electrons. The minimum atomic E-state index is -0.901. The van der Waals surface area contributed by atoms with Gasteiger partial charge in [-0.05, 0) is 26.2 Å². The van der Waals surface area contributed by atoms with Gasteiger partial charge in [0, 0.05) is 19.1 Å². The van der Waals surface area contributed by atoms with Crippen LogP contribution in [-0.4, -0.2) is 53.7 Å². The zero-order chi connectivity index (χ0) is 14.7. The number of amides is 2. The number of hydrogen-bond donors (Lipinski definition) is 2. The first-order valence-electron chi connectivity index (χ1n) is 6.97. The summed E-state index contributed by atoms with van der Waals surface area (Å²) in [5.74, 6) is -1.91. The van der Waals surface area contributed by atoms with Gasteiger partial charge in [0.25, 0.3) is 0 Å². The molecule has 1 heterocycles. The normalized spacial score (nSPS) is 28.6. The Morgan fingerprint density at radius 2 is 2.10 bits per heavy atom. The number of likely N-dealkylation sites (tertiary alicyclic amines) is 1. The van der Waals surface area contributed by atoms with E-state index in [0.717, 1.165) is 12.8 Å². The molecule has 7 nitrogen and oxygen atoms in total. The first kappa shape index (κ1) is 14.6. The number of carboxylic acids is 1. The van der Waals surface area contributed by atoms with Gasteiger partial charge in [-0.2, -0.15) is 0 Å². The highest BCUT2D eigenvalue weighted by molar-refractivity contribution is 5.89. The van der Waals surface area contributed by atoms with Crippen LogP contribution in [0.1, 0.15) is 26.2 Å². The molecule has 20 heavy (non-hydrogen) atoms. The summed E-state index contributed by atoms with van der Waals surface area (Å²) in [7, 11) is 0. The first-order chi connectivity index (χ1) is 9.52. The molecule has 0 aromatic carbocycles. The molecule has 7 heteroatoms. The summed E-state index contributed by atoms with van der Waals surface area (Å²) in [5.41, 5.74) is 0. The standard InChI is InChI=1S/C13H20N2O5/c1-2-20-13(19)14-8-4-3-5-15(7-8)11(16)9-6-10(9)12(17)18/h8-10H,2-7H2,1H3,(H,14,19)(H,17,18)/t8?,9-,10+/m1/s1. The molecule has 1 aliphatic carbocycles. The predicted molar refractivity (Wildman–Crippen MR) is 69.0 cm³/mol. The van der Waals surface area contributed by atoms with Gasteiger partial charge in [-0.1, -0.05) is 0 Å². The lowest BCUT2D eigenvalue weighted by Gasteiger charge is -2.33. The topological polar surface area (TPSA) is 95.9 Å². The van der Waals surface area contributed by atoms with E-state index in [1.807, 2.05) is 0 Å². The number of aliphatic carboxylic acids is 1. The highest BCUT2D eigenvalue weighted by atomic mass is 16.5. The molecular weight excluding hydrogens is 264 g/mol. The first-order valence-corrected chi connectivity index (χ1v) is 6.97. The van der Waals surface area contributed by atoms with Crippen molar-refractivity contribution in [2.45, 2.75) is 32.2 Å². The lowest BCUT2D eigenvalue weighted by atomic mass is 10.1. The molecule has 1 unspecified atom stereocenters. The van der Waals surface area contributed by atoms with Gasteiger partial charge in [0.2, 0.25) is 5.91 Å². The lowest BCUT2D eigenvalue weighted by molar-refractivity contribution is -0.142. The monoisotopic (exact) mass is 284 g/mol. The third-order valence-electron chi connectivity index (χ3n) is 3.76. The number of nitrogens with zero attached hydrogens (tertiary/aromatic N) is 1. The van der Waals surface area contributed by atoms with Gasteiger partial charge in [0.15, 0.2) is 0 Å². The number of alkyl carbamates (subject to hydrolysis) is 1. The van der Waals surface area contributed by atoms with E-state index in [4.69, 9.17) is 9.84 Å². The minimum absolute atomic E-state index is 0.104. The Kier molecular flexibility index (Phi) is 4.46. The summed E-state index contributed by atoms with van der Waals surface area (Å²) in [6, 6.07) is -0.117. The van der Waals surface area contributed by atoms with Gasteiger partial charge in [0.05, 0.1) is 18.4 Å². The lowest BCUT2D eigenvalue weighted by Crippen LogP contribution is -2.50. The number of piperidine rings is 1. The molecule has 2 amide bonds. The van der Waals surface area contributed by atoms with E-state index in [1.54, 1.807) is 11.8 Å². The molecule has 0 radical (unpaired) electrons. The number of nitrogens with one attached hydrogen (secondary N) is 1. The van der Waals surface area contributed by atoms with Crippen LogP contribution in [0.4, 0.5) is 4.79 Å². The third kappa shape index (κ3) is 3.40. The number of rotatable bonds is 4. The van der Waals surface area contributed by atoms with Crippen molar-refractivity contribution in [3.05, 3.63) is 0 Å². The Bertz CT molecular complexity index is 412. The van der Waals surface area contributed by atoms with Crippen molar-refractivity contribution in [3.8, 4) is 0 Å². The molecule has 2 fully saturated rings. The predicted octanol–water partition coefficient (Wildman–Crippen LogP) is 0.444. The van der Waals surface area contributed by atoms with Gasteiger partial charge in [-0.25, -0.2) is 4.79 Å². The SMILES string of the molecule is CCOC(=O)NC1CCCN(C(=O)[C@@H]2C[C@@H]2C(=O)O)C1. The molecule has 1 aliphatic heterocycles. The van der Waals surface area contributed by atoms with E-state index in [1.165, 1.54) is 0 Å². The second-order valence-corrected chi connectivity index (χ2v) is 5.28. The van der Waals surface area contributed by atoms with E-state index in [0.29, 0.717) is 26.1 Å². The minimum Gasteiger partial charge on any atom is -0.481 e. The average molecular weight is 284 g/mol. The number of hydrogen-bond acceptors (Lipinski definition) is 4. The van der Waals surface area contributed by atoms with Crippen LogP contribution in [0.25, 0.3) is 0 Å². The van der Waals surface area contributed by atoms with E-state index < -0.39 is 18.0 Å². The summed E-state index contributed by atoms with van der Waals surface area (Å²) in [4.78, 5) is 36.0. The third-order valence-corrected chi connectivity index (χ3v) is 3.76. The van der Waals surface area contributed by atoms with Crippen molar-refractivity contribution in [1.82, 2.24) is 10.2 Å². The molecule has 0 spiro atoms. The Balaban J connectivity index is 1.83. The molecule has 1 saturated carbocycles. The van der Waals surface area contributed by atoms with Crippen LogP contribution in [-0.2, 0) is 14.3 Å². The summed E-state index contributed by atoms with van der Waals surface area (Å²) in [6.45, 7) is 3.10. The molecule has 0 bridgehead atoms. The van der Waals surface area contributed by atoms with E-state index in [-0.39, 0.29) is 17.9 Å². The molecule has 2 rings (SSSR count). The zero-order valence-electron chi connectivity index (χ0n) is 11.5. The molecule has 1 saturated heterocycles. The van der Waals surface area contributed by atoms with Gasteiger partial charge < -0.3 is 20.1 Å². The molecule has 3 atom stereocenters. The van der Waals surface area contributed by atoms with Crippen molar-refractivity contribution >= 4 is 18.0 Å². The Morgan fingerprint density at radius 3 is 2.70 bits per heavy atom. The van der Waals surface area contributed by atoms with Crippen molar-refractivity contribution in [1.29, 1.82) is 0 Å². The van der Waals surface area contributed by atoms with Crippen molar-refractivity contribution in [2.75, 3.05) is 19.7 Å². The molecular formula is C13H20N2O5. The number of carbonyl (C=O) groups excluding carboxylic acids is 2. The number of carboxylic acid groups (broad SMARTS) is 1. The fourth-order valence-electron chi connectivity index (χ4n) is 2.61. The van der Waals surface area contributed by atoms with Gasteiger partial charge in [0.1, 0.15) is 0 Å². The van der Waals surface area contributed by atoms with Crippen molar-refractivity contribution in [3.63, 3.8) is 0 Å². The summed E-state index contributed by atoms with van der Waals surface area (Å²) in [5, 5.41) is 11.6. The molecule has 0 aromatic rings. The summed E-state index contributed by atoms with van der Waals surface area (Å²) in [6.07, 6.45) is 1.56. The van der Waals surface area contributed by atoms with E-state index in [9.17, 15) is 14.4 Å². The molecule has 2 aliphatic rings. The maximum Gasteiger partial charge on any atom is 0.407 e. The summed E-state index contributed by atoms with van der Waals surface area (Å²) >= 11 is 0. The van der Waals surface area contributed by atoms with Crippen LogP contribution >= 0.6 is 0 Å². The van der Waals surface area contributed by atoms with Crippen LogP contribution < -0.4 is 5.32 Å². The quantitative estimate of drug-likeness (QED) is 0.781.